The van der Waals surface area contributed by atoms with Crippen LogP contribution in [0.25, 0.3) is 0 Å². The Morgan fingerprint density at radius 1 is 1.57 bits per heavy atom. The first-order valence-electron chi connectivity index (χ1n) is 4.52. The first-order valence-corrected chi connectivity index (χ1v) is 4.52. The summed E-state index contributed by atoms with van der Waals surface area (Å²) in [5.74, 6) is 1.21. The summed E-state index contributed by atoms with van der Waals surface area (Å²) >= 11 is 0. The van der Waals surface area contributed by atoms with Gasteiger partial charge in [0.05, 0.1) is 6.26 Å². The van der Waals surface area contributed by atoms with Gasteiger partial charge in [-0.2, -0.15) is 0 Å². The van der Waals surface area contributed by atoms with Gasteiger partial charge in [0, 0.05) is 25.9 Å². The van der Waals surface area contributed by atoms with Crippen LogP contribution in [0.3, 0.4) is 0 Å². The van der Waals surface area contributed by atoms with Crippen molar-refractivity contribution >= 4 is 5.84 Å². The number of hydrogen-bond donors (Lipinski definition) is 3. The summed E-state index contributed by atoms with van der Waals surface area (Å²) < 4.78 is 5.15. The molecule has 14 heavy (non-hydrogen) atoms. The van der Waals surface area contributed by atoms with Crippen LogP contribution >= 0.6 is 0 Å². The van der Waals surface area contributed by atoms with Gasteiger partial charge in [0.2, 0.25) is 0 Å². The number of nitrogens with zero attached hydrogens (tertiary/aromatic N) is 1. The highest BCUT2D eigenvalue weighted by molar-refractivity contribution is 5.79. The molecule has 0 aliphatic heterocycles. The number of amidine groups is 1. The first kappa shape index (κ1) is 10.6. The van der Waals surface area contributed by atoms with E-state index in [1.165, 1.54) is 0 Å². The van der Waals surface area contributed by atoms with E-state index in [9.17, 15) is 0 Å². The largest absolute Gasteiger partial charge is 0.469 e. The zero-order chi connectivity index (χ0) is 10.2. The van der Waals surface area contributed by atoms with Crippen molar-refractivity contribution in [3.8, 4) is 0 Å². The number of nitrogens with one attached hydrogen (secondary N) is 1. The number of nitrogens with two attached hydrogens (primary N) is 1. The summed E-state index contributed by atoms with van der Waals surface area (Å²) in [6.45, 7) is 1.53. The number of hydrogen-bond acceptors (Lipinski definition) is 4. The number of furan rings is 1. The third kappa shape index (κ3) is 3.95. The molecule has 0 spiro atoms. The lowest BCUT2D eigenvalue weighted by Gasteiger charge is -2.01. The van der Waals surface area contributed by atoms with Crippen LogP contribution in [0.4, 0.5) is 0 Å². The predicted octanol–water partition coefficient (Wildman–Crippen LogP) is 0.548. The fourth-order valence-corrected chi connectivity index (χ4v) is 1.06. The molecule has 4 N–H and O–H groups in total. The number of oxime groups is 1. The fourth-order valence-electron chi connectivity index (χ4n) is 1.06. The minimum Gasteiger partial charge on any atom is -0.469 e. The van der Waals surface area contributed by atoms with Gasteiger partial charge in [0.15, 0.2) is 0 Å². The average molecular weight is 197 g/mol. The van der Waals surface area contributed by atoms with E-state index in [-0.39, 0.29) is 5.84 Å². The topological polar surface area (TPSA) is 83.8 Å². The molecule has 0 saturated heterocycles. The van der Waals surface area contributed by atoms with Gasteiger partial charge in [0.25, 0.3) is 0 Å². The molecule has 0 aliphatic rings. The molecule has 0 radical (unpaired) electrons. The van der Waals surface area contributed by atoms with Gasteiger partial charge < -0.3 is 20.7 Å². The highest BCUT2D eigenvalue weighted by Crippen LogP contribution is 1.99. The van der Waals surface area contributed by atoms with E-state index in [0.717, 1.165) is 18.7 Å². The molecule has 0 amide bonds. The summed E-state index contributed by atoms with van der Waals surface area (Å²) in [6, 6.07) is 3.80. The average Bonchev–Trinajstić information content (AvgIpc) is 2.69. The van der Waals surface area contributed by atoms with Crippen molar-refractivity contribution in [2.24, 2.45) is 10.9 Å². The van der Waals surface area contributed by atoms with E-state index >= 15 is 0 Å². The van der Waals surface area contributed by atoms with Crippen molar-refractivity contribution < 1.29 is 9.62 Å². The standard InChI is InChI=1S/C9H15N3O2/c10-9(12-13)4-6-11-5-3-8-2-1-7-14-8/h1-2,7,11,13H,3-6H2,(H2,10,12). The summed E-state index contributed by atoms with van der Waals surface area (Å²) in [4.78, 5) is 0. The van der Waals surface area contributed by atoms with Gasteiger partial charge in [-0.3, -0.25) is 0 Å². The second-order valence-corrected chi connectivity index (χ2v) is 2.92. The lowest BCUT2D eigenvalue weighted by atomic mass is 10.3. The van der Waals surface area contributed by atoms with Crippen molar-refractivity contribution in [2.75, 3.05) is 13.1 Å². The van der Waals surface area contributed by atoms with Gasteiger partial charge in [-0.25, -0.2) is 0 Å². The van der Waals surface area contributed by atoms with Crippen molar-refractivity contribution in [1.29, 1.82) is 0 Å². The third-order valence-electron chi connectivity index (χ3n) is 1.81. The summed E-state index contributed by atoms with van der Waals surface area (Å²) in [5, 5.41) is 14.3. The van der Waals surface area contributed by atoms with Crippen LogP contribution in [-0.2, 0) is 6.42 Å². The zero-order valence-corrected chi connectivity index (χ0v) is 7.94. The molecule has 1 aromatic rings. The maximum absolute atomic E-state index is 8.26. The van der Waals surface area contributed by atoms with E-state index in [2.05, 4.69) is 10.5 Å². The van der Waals surface area contributed by atoms with E-state index in [0.29, 0.717) is 13.0 Å². The Labute approximate surface area is 82.6 Å². The number of rotatable bonds is 6. The Bertz CT molecular complexity index is 270. The van der Waals surface area contributed by atoms with Crippen LogP contribution in [0.1, 0.15) is 12.2 Å². The van der Waals surface area contributed by atoms with Gasteiger partial charge >= 0.3 is 0 Å². The van der Waals surface area contributed by atoms with Crippen LogP contribution in [0, 0.1) is 0 Å². The van der Waals surface area contributed by atoms with Crippen LogP contribution in [0.5, 0.6) is 0 Å². The third-order valence-corrected chi connectivity index (χ3v) is 1.81. The van der Waals surface area contributed by atoms with Crippen molar-refractivity contribution in [2.45, 2.75) is 12.8 Å². The van der Waals surface area contributed by atoms with E-state index in [1.54, 1.807) is 6.26 Å². The van der Waals surface area contributed by atoms with Crippen molar-refractivity contribution in [1.82, 2.24) is 5.32 Å². The smallest absolute Gasteiger partial charge is 0.140 e. The SMILES string of the molecule is NC(CCNCCc1ccco1)=NO. The first-order chi connectivity index (χ1) is 6.83. The maximum atomic E-state index is 8.26. The van der Waals surface area contributed by atoms with Crippen LogP contribution in [0.2, 0.25) is 0 Å². The molecule has 5 heteroatoms. The molecule has 5 nitrogen and oxygen atoms in total. The lowest BCUT2D eigenvalue weighted by molar-refractivity contribution is 0.316. The summed E-state index contributed by atoms with van der Waals surface area (Å²) in [5.41, 5.74) is 5.29. The Balaban J connectivity index is 2.00. The molecule has 1 heterocycles. The maximum Gasteiger partial charge on any atom is 0.140 e. The minimum absolute atomic E-state index is 0.246. The molecular weight excluding hydrogens is 182 g/mol. The Hall–Kier alpha value is -1.49. The second kappa shape index (κ2) is 6.04. The Morgan fingerprint density at radius 2 is 2.43 bits per heavy atom. The highest BCUT2D eigenvalue weighted by atomic mass is 16.4. The van der Waals surface area contributed by atoms with E-state index < -0.39 is 0 Å². The van der Waals surface area contributed by atoms with Gasteiger partial charge in [0.1, 0.15) is 11.6 Å². The molecule has 0 aromatic carbocycles. The fraction of sp³-hybridized carbons (Fsp3) is 0.444. The van der Waals surface area contributed by atoms with Crippen LogP contribution in [0.15, 0.2) is 28.0 Å². The molecule has 0 saturated carbocycles. The Kier molecular flexibility index (Phi) is 4.57. The molecular formula is C9H15N3O2. The van der Waals surface area contributed by atoms with Crippen LogP contribution in [-0.4, -0.2) is 24.1 Å². The molecule has 0 fully saturated rings. The van der Waals surface area contributed by atoms with Gasteiger partial charge in [-0.05, 0) is 12.1 Å². The minimum atomic E-state index is 0.246. The molecule has 78 valence electrons. The van der Waals surface area contributed by atoms with Gasteiger partial charge in [-0.15, -0.1) is 0 Å². The van der Waals surface area contributed by atoms with E-state index in [1.807, 2.05) is 12.1 Å². The second-order valence-electron chi connectivity index (χ2n) is 2.92. The molecule has 0 atom stereocenters. The summed E-state index contributed by atoms with van der Waals surface area (Å²) in [6.07, 6.45) is 3.06. The summed E-state index contributed by atoms with van der Waals surface area (Å²) in [7, 11) is 0. The predicted molar refractivity (Wildman–Crippen MR) is 53.3 cm³/mol. The lowest BCUT2D eigenvalue weighted by Crippen LogP contribution is -2.23. The Morgan fingerprint density at radius 3 is 3.07 bits per heavy atom. The molecule has 1 aromatic heterocycles. The molecule has 0 unspecified atom stereocenters. The zero-order valence-electron chi connectivity index (χ0n) is 7.94. The molecule has 1 rings (SSSR count). The highest BCUT2D eigenvalue weighted by Gasteiger charge is 1.95. The quantitative estimate of drug-likeness (QED) is 0.204. The van der Waals surface area contributed by atoms with Crippen molar-refractivity contribution in [3.63, 3.8) is 0 Å². The molecule has 0 aliphatic carbocycles. The van der Waals surface area contributed by atoms with Gasteiger partial charge in [-0.1, -0.05) is 5.16 Å². The van der Waals surface area contributed by atoms with E-state index in [4.69, 9.17) is 15.4 Å². The normalized spacial score (nSPS) is 11.9. The molecule has 0 bridgehead atoms. The van der Waals surface area contributed by atoms with Crippen molar-refractivity contribution in [3.05, 3.63) is 24.2 Å². The van der Waals surface area contributed by atoms with Crippen LogP contribution < -0.4 is 11.1 Å². The monoisotopic (exact) mass is 197 g/mol.